The molecule has 28 heavy (non-hydrogen) atoms. The number of rotatable bonds is 10. The first kappa shape index (κ1) is 24.7. The third-order valence-corrected chi connectivity index (χ3v) is 6.32. The Morgan fingerprint density at radius 2 is 1.54 bits per heavy atom. The van der Waals surface area contributed by atoms with Crippen LogP contribution in [0.25, 0.3) is 0 Å². The lowest BCUT2D eigenvalue weighted by Gasteiger charge is -2.29. The van der Waals surface area contributed by atoms with Crippen molar-refractivity contribution in [2.75, 3.05) is 20.4 Å². The number of hydrogen-bond acceptors (Lipinski definition) is 5. The second-order valence-electron chi connectivity index (χ2n) is 8.40. The highest BCUT2D eigenvalue weighted by atomic mass is 31.2. The lowest BCUT2D eigenvalue weighted by Crippen LogP contribution is -2.38. The maximum Gasteiger partial charge on any atom is 0.331 e. The molecule has 0 saturated heterocycles. The Morgan fingerprint density at radius 1 is 1.04 bits per heavy atom. The summed E-state index contributed by atoms with van der Waals surface area (Å²) in [5, 5.41) is 2.93. The van der Waals surface area contributed by atoms with Gasteiger partial charge in [-0.25, -0.2) is 5.09 Å². The molecular weight excluding hydrogens is 375 g/mol. The zero-order valence-electron chi connectivity index (χ0n) is 18.8. The van der Waals surface area contributed by atoms with Crippen molar-refractivity contribution in [3.05, 3.63) is 29.3 Å². The predicted molar refractivity (Wildman–Crippen MR) is 115 cm³/mol. The van der Waals surface area contributed by atoms with Crippen molar-refractivity contribution in [1.29, 1.82) is 0 Å². The monoisotopic (exact) mass is 412 g/mol. The zero-order valence-corrected chi connectivity index (χ0v) is 19.7. The van der Waals surface area contributed by atoms with Gasteiger partial charge in [-0.3, -0.25) is 14.3 Å². The average molecular weight is 413 g/mol. The fourth-order valence-electron chi connectivity index (χ4n) is 2.89. The maximum absolute atomic E-state index is 13.8. The standard InChI is InChI=1S/C21H37N2O4P/c1-14(2)18-11-10-12-19(15(3)4)20(18)27-28(25,13-23(8)9)22-17(7)21(24)26-16(5)6/h10-12,14-17H,13H2,1-9H3,(H,22,25). The third kappa shape index (κ3) is 7.23. The van der Waals surface area contributed by atoms with E-state index in [1.807, 2.05) is 32.3 Å². The molecule has 0 bridgehead atoms. The molecule has 0 aliphatic rings. The van der Waals surface area contributed by atoms with Gasteiger partial charge in [0.25, 0.3) is 0 Å². The smallest absolute Gasteiger partial charge is 0.331 e. The van der Waals surface area contributed by atoms with Crippen LogP contribution in [0, 0.1) is 0 Å². The molecule has 0 heterocycles. The maximum atomic E-state index is 13.8. The van der Waals surface area contributed by atoms with Gasteiger partial charge in [-0.1, -0.05) is 45.9 Å². The van der Waals surface area contributed by atoms with Crippen LogP contribution in [0.5, 0.6) is 5.75 Å². The first-order valence-corrected chi connectivity index (χ1v) is 11.7. The van der Waals surface area contributed by atoms with Gasteiger partial charge < -0.3 is 9.26 Å². The van der Waals surface area contributed by atoms with E-state index in [9.17, 15) is 9.36 Å². The van der Waals surface area contributed by atoms with Crippen molar-refractivity contribution in [3.8, 4) is 5.75 Å². The first-order chi connectivity index (χ1) is 12.9. The third-order valence-electron chi connectivity index (χ3n) is 4.12. The van der Waals surface area contributed by atoms with Gasteiger partial charge >= 0.3 is 13.5 Å². The van der Waals surface area contributed by atoms with E-state index in [1.54, 1.807) is 25.7 Å². The number of ether oxygens (including phenoxy) is 1. The minimum Gasteiger partial charge on any atom is -0.462 e. The summed E-state index contributed by atoms with van der Waals surface area (Å²) >= 11 is 0. The largest absolute Gasteiger partial charge is 0.462 e. The average Bonchev–Trinajstić information content (AvgIpc) is 2.52. The van der Waals surface area contributed by atoms with Crippen molar-refractivity contribution in [2.45, 2.75) is 72.4 Å². The molecule has 1 aromatic rings. The Bertz CT molecular complexity index is 675. The van der Waals surface area contributed by atoms with Gasteiger partial charge in [0, 0.05) is 0 Å². The van der Waals surface area contributed by atoms with Crippen molar-refractivity contribution in [3.63, 3.8) is 0 Å². The molecule has 1 N–H and O–H groups in total. The number of nitrogens with one attached hydrogen (secondary N) is 1. The van der Waals surface area contributed by atoms with E-state index < -0.39 is 19.5 Å². The van der Waals surface area contributed by atoms with E-state index in [-0.39, 0.29) is 24.2 Å². The van der Waals surface area contributed by atoms with Gasteiger partial charge in [0.1, 0.15) is 18.1 Å². The minimum atomic E-state index is -3.41. The first-order valence-electron chi connectivity index (χ1n) is 9.90. The van der Waals surface area contributed by atoms with Crippen LogP contribution < -0.4 is 9.61 Å². The molecule has 0 amide bonds. The number of esters is 1. The fourth-order valence-corrected chi connectivity index (χ4v) is 5.02. The van der Waals surface area contributed by atoms with Crippen molar-refractivity contribution >= 4 is 13.5 Å². The summed E-state index contributed by atoms with van der Waals surface area (Å²) in [6.07, 6.45) is -0.0730. The molecule has 0 saturated carbocycles. The van der Waals surface area contributed by atoms with Gasteiger partial charge in [0.05, 0.1) is 6.10 Å². The predicted octanol–water partition coefficient (Wildman–Crippen LogP) is 4.95. The van der Waals surface area contributed by atoms with E-state index in [1.165, 1.54) is 0 Å². The molecule has 7 heteroatoms. The Balaban J connectivity index is 3.29. The van der Waals surface area contributed by atoms with Crippen molar-refractivity contribution in [1.82, 2.24) is 9.99 Å². The number of benzene rings is 1. The van der Waals surface area contributed by atoms with Gasteiger partial charge in [-0.15, -0.1) is 0 Å². The number of carbonyl (C=O) groups is 1. The molecule has 6 nitrogen and oxygen atoms in total. The highest BCUT2D eigenvalue weighted by Gasteiger charge is 2.33. The molecule has 0 aromatic heterocycles. The van der Waals surface area contributed by atoms with Gasteiger partial charge in [0.15, 0.2) is 0 Å². The SMILES string of the molecule is CC(C)OC(=O)C(C)NP(=O)(CN(C)C)Oc1c(C(C)C)cccc1C(C)C. The second kappa shape index (κ2) is 10.4. The van der Waals surface area contributed by atoms with Crippen molar-refractivity contribution in [2.24, 2.45) is 0 Å². The molecule has 2 atom stereocenters. The molecule has 1 aromatic carbocycles. The molecule has 0 aliphatic carbocycles. The number of hydrogen-bond donors (Lipinski definition) is 1. The summed E-state index contributed by atoms with van der Waals surface area (Å²) in [5.41, 5.74) is 2.01. The number of para-hydroxylation sites is 1. The summed E-state index contributed by atoms with van der Waals surface area (Å²) in [5.74, 6) is 0.628. The van der Waals surface area contributed by atoms with Gasteiger partial charge in [-0.05, 0) is 57.8 Å². The lowest BCUT2D eigenvalue weighted by atomic mass is 9.94. The van der Waals surface area contributed by atoms with Crippen LogP contribution in [0.1, 0.15) is 71.4 Å². The highest BCUT2D eigenvalue weighted by Crippen LogP contribution is 2.48. The molecular formula is C21H37N2O4P. The molecule has 0 spiro atoms. The highest BCUT2D eigenvalue weighted by molar-refractivity contribution is 7.57. The molecule has 0 fully saturated rings. The van der Waals surface area contributed by atoms with Crippen LogP contribution in [0.2, 0.25) is 0 Å². The van der Waals surface area contributed by atoms with E-state index in [2.05, 4.69) is 32.8 Å². The summed E-state index contributed by atoms with van der Waals surface area (Å²) in [6, 6.07) is 5.26. The normalized spacial score (nSPS) is 15.2. The van der Waals surface area contributed by atoms with E-state index >= 15 is 0 Å². The molecule has 160 valence electrons. The van der Waals surface area contributed by atoms with Gasteiger partial charge in [-0.2, -0.15) is 0 Å². The number of nitrogens with zero attached hydrogens (tertiary/aromatic N) is 1. The topological polar surface area (TPSA) is 67.9 Å². The Kier molecular flexibility index (Phi) is 9.19. The van der Waals surface area contributed by atoms with E-state index in [0.29, 0.717) is 5.75 Å². The molecule has 2 unspecified atom stereocenters. The van der Waals surface area contributed by atoms with E-state index in [4.69, 9.17) is 9.26 Å². The van der Waals surface area contributed by atoms with Crippen molar-refractivity contribution < 1.29 is 18.6 Å². The summed E-state index contributed by atoms with van der Waals surface area (Å²) in [4.78, 5) is 14.0. The van der Waals surface area contributed by atoms with Crippen LogP contribution in [0.15, 0.2) is 18.2 Å². The van der Waals surface area contributed by atoms with Crippen LogP contribution in [-0.4, -0.2) is 43.4 Å². The van der Waals surface area contributed by atoms with Crippen LogP contribution in [-0.2, 0) is 14.1 Å². The zero-order chi connectivity index (χ0) is 21.6. The Hall–Kier alpha value is -1.36. The van der Waals surface area contributed by atoms with Crippen LogP contribution in [0.3, 0.4) is 0 Å². The molecule has 0 radical (unpaired) electrons. The van der Waals surface area contributed by atoms with Crippen LogP contribution >= 0.6 is 7.52 Å². The molecule has 1 rings (SSSR count). The van der Waals surface area contributed by atoms with Gasteiger partial charge in [0.2, 0.25) is 0 Å². The number of carbonyl (C=O) groups excluding carboxylic acids is 1. The lowest BCUT2D eigenvalue weighted by molar-refractivity contribution is -0.149. The van der Waals surface area contributed by atoms with Crippen LogP contribution in [0.4, 0.5) is 0 Å². The Labute approximate surface area is 170 Å². The second-order valence-corrected chi connectivity index (χ2v) is 10.5. The summed E-state index contributed by atoms with van der Waals surface area (Å²) in [6.45, 7) is 13.5. The minimum absolute atomic E-state index is 0.163. The quantitative estimate of drug-likeness (QED) is 0.433. The summed E-state index contributed by atoms with van der Waals surface area (Å²) in [7, 11) is 0.243. The van der Waals surface area contributed by atoms with E-state index in [0.717, 1.165) is 11.1 Å². The summed E-state index contributed by atoms with van der Waals surface area (Å²) < 4.78 is 25.2. The fraction of sp³-hybridized carbons (Fsp3) is 0.667. The molecule has 0 aliphatic heterocycles. The Morgan fingerprint density at radius 3 is 1.93 bits per heavy atom.